The third-order valence-corrected chi connectivity index (χ3v) is 5.40. The molecule has 4 rings (SSSR count). The Labute approximate surface area is 134 Å². The van der Waals surface area contributed by atoms with Crippen molar-refractivity contribution in [2.45, 2.75) is 38.5 Å². The van der Waals surface area contributed by atoms with Gasteiger partial charge >= 0.3 is 0 Å². The van der Waals surface area contributed by atoms with Crippen molar-refractivity contribution in [3.8, 4) is 0 Å². The van der Waals surface area contributed by atoms with Crippen molar-refractivity contribution >= 4 is 17.7 Å². The molecule has 1 aromatic rings. The number of nitrogens with zero attached hydrogens (tertiary/aromatic N) is 3. The van der Waals surface area contributed by atoms with Crippen molar-refractivity contribution in [3.05, 3.63) is 17.0 Å². The molecule has 2 fully saturated rings. The highest BCUT2D eigenvalue weighted by molar-refractivity contribution is 6.06. The molecule has 1 aliphatic carbocycles. The van der Waals surface area contributed by atoms with Crippen LogP contribution in [-0.4, -0.2) is 45.5 Å². The zero-order chi connectivity index (χ0) is 16.2. The Hall–Kier alpha value is -2.18. The van der Waals surface area contributed by atoms with Crippen molar-refractivity contribution in [3.63, 3.8) is 0 Å². The third-order valence-electron chi connectivity index (χ3n) is 5.40. The topological polar surface area (TPSA) is 84.3 Å². The van der Waals surface area contributed by atoms with Gasteiger partial charge in [-0.2, -0.15) is 5.10 Å². The zero-order valence-corrected chi connectivity index (χ0v) is 13.2. The predicted molar refractivity (Wildman–Crippen MR) is 80.6 cm³/mol. The number of hydrogen-bond donors (Lipinski definition) is 1. The van der Waals surface area contributed by atoms with Gasteiger partial charge < -0.3 is 4.90 Å². The molecule has 1 N–H and O–H groups in total. The summed E-state index contributed by atoms with van der Waals surface area (Å²) in [6.07, 6.45) is 4.77. The molecule has 1 atom stereocenters. The number of aromatic nitrogens is 2. The van der Waals surface area contributed by atoms with Crippen LogP contribution in [0.4, 0.5) is 0 Å². The van der Waals surface area contributed by atoms with Crippen LogP contribution in [0.1, 0.15) is 47.4 Å². The number of carbonyl (C=O) groups excluding carboxylic acids is 3. The standard InChI is InChI=1S/C16H20N4O3/c1-19-13(10-4-2-3-5-11(10)18-19)14(22)20-7-6-16(9-20)8-12(21)17-15(16)23/h2-9H2,1H3,(H,17,21,23)/t16-/m0/s1. The van der Waals surface area contributed by atoms with Gasteiger partial charge in [0, 0.05) is 32.1 Å². The van der Waals surface area contributed by atoms with E-state index in [1.165, 1.54) is 0 Å². The maximum Gasteiger partial charge on any atom is 0.272 e. The molecule has 122 valence electrons. The number of imide groups is 1. The number of fused-ring (bicyclic) bond motifs is 1. The highest BCUT2D eigenvalue weighted by atomic mass is 16.2. The normalized spacial score (nSPS) is 26.7. The van der Waals surface area contributed by atoms with Crippen molar-refractivity contribution in [2.24, 2.45) is 12.5 Å². The molecule has 0 saturated carbocycles. The Morgan fingerprint density at radius 2 is 2.04 bits per heavy atom. The fourth-order valence-electron chi connectivity index (χ4n) is 4.16. The van der Waals surface area contributed by atoms with E-state index in [9.17, 15) is 14.4 Å². The number of likely N-dealkylation sites (tertiary alicyclic amines) is 1. The van der Waals surface area contributed by atoms with E-state index in [0.29, 0.717) is 25.2 Å². The molecular weight excluding hydrogens is 296 g/mol. The van der Waals surface area contributed by atoms with Gasteiger partial charge in [0.1, 0.15) is 5.69 Å². The van der Waals surface area contributed by atoms with Crippen LogP contribution in [0, 0.1) is 5.41 Å². The van der Waals surface area contributed by atoms with Crippen molar-refractivity contribution in [1.29, 1.82) is 0 Å². The molecule has 3 amide bonds. The summed E-state index contributed by atoms with van der Waals surface area (Å²) in [6.45, 7) is 0.836. The molecule has 2 aliphatic heterocycles. The molecule has 3 aliphatic rings. The lowest BCUT2D eigenvalue weighted by atomic mass is 9.85. The predicted octanol–water partition coefficient (Wildman–Crippen LogP) is 0.178. The fraction of sp³-hybridized carbons (Fsp3) is 0.625. The minimum atomic E-state index is -0.717. The zero-order valence-electron chi connectivity index (χ0n) is 13.2. The second-order valence-electron chi connectivity index (χ2n) is 6.92. The van der Waals surface area contributed by atoms with E-state index in [4.69, 9.17) is 0 Å². The summed E-state index contributed by atoms with van der Waals surface area (Å²) in [5.74, 6) is -0.528. The lowest BCUT2D eigenvalue weighted by molar-refractivity contribution is -0.128. The molecular formula is C16H20N4O3. The van der Waals surface area contributed by atoms with Crippen LogP contribution >= 0.6 is 0 Å². The molecule has 7 nitrogen and oxygen atoms in total. The molecule has 2 saturated heterocycles. The molecule has 0 radical (unpaired) electrons. The van der Waals surface area contributed by atoms with Gasteiger partial charge in [-0.1, -0.05) is 0 Å². The quantitative estimate of drug-likeness (QED) is 0.749. The number of amides is 3. The van der Waals surface area contributed by atoms with E-state index in [1.54, 1.807) is 9.58 Å². The average Bonchev–Trinajstić information content (AvgIpc) is 3.15. The van der Waals surface area contributed by atoms with Crippen molar-refractivity contribution < 1.29 is 14.4 Å². The molecule has 23 heavy (non-hydrogen) atoms. The highest BCUT2D eigenvalue weighted by Gasteiger charge is 2.52. The van der Waals surface area contributed by atoms with Gasteiger partial charge in [0.25, 0.3) is 5.91 Å². The third kappa shape index (κ3) is 2.09. The van der Waals surface area contributed by atoms with E-state index >= 15 is 0 Å². The minimum absolute atomic E-state index is 0.0628. The monoisotopic (exact) mass is 316 g/mol. The van der Waals surface area contributed by atoms with Crippen molar-refractivity contribution in [2.75, 3.05) is 13.1 Å². The number of hydrogen-bond acceptors (Lipinski definition) is 4. The molecule has 1 aromatic heterocycles. The van der Waals surface area contributed by atoms with Gasteiger partial charge in [0.05, 0.1) is 11.1 Å². The first-order valence-corrected chi connectivity index (χ1v) is 8.18. The van der Waals surface area contributed by atoms with Crippen LogP contribution in [0.15, 0.2) is 0 Å². The Kier molecular flexibility index (Phi) is 3.08. The molecule has 0 aromatic carbocycles. The maximum absolute atomic E-state index is 13.0. The minimum Gasteiger partial charge on any atom is -0.336 e. The van der Waals surface area contributed by atoms with E-state index in [-0.39, 0.29) is 24.1 Å². The first-order valence-electron chi connectivity index (χ1n) is 8.18. The first-order chi connectivity index (χ1) is 11.0. The first kappa shape index (κ1) is 14.4. The van der Waals surface area contributed by atoms with Gasteiger partial charge in [-0.05, 0) is 32.1 Å². The largest absolute Gasteiger partial charge is 0.336 e. The van der Waals surface area contributed by atoms with E-state index in [1.807, 2.05) is 7.05 Å². The maximum atomic E-state index is 13.0. The van der Waals surface area contributed by atoms with E-state index < -0.39 is 5.41 Å². The summed E-state index contributed by atoms with van der Waals surface area (Å²) in [4.78, 5) is 38.3. The van der Waals surface area contributed by atoms with Crippen molar-refractivity contribution in [1.82, 2.24) is 20.0 Å². The smallest absolute Gasteiger partial charge is 0.272 e. The number of rotatable bonds is 1. The summed E-state index contributed by atoms with van der Waals surface area (Å²) < 4.78 is 1.68. The van der Waals surface area contributed by atoms with Gasteiger partial charge in [-0.25, -0.2) is 0 Å². The average molecular weight is 316 g/mol. The van der Waals surface area contributed by atoms with Gasteiger partial charge in [0.2, 0.25) is 11.8 Å². The Morgan fingerprint density at radius 1 is 1.26 bits per heavy atom. The van der Waals surface area contributed by atoms with E-state index in [2.05, 4.69) is 10.4 Å². The number of aryl methyl sites for hydroxylation is 2. The van der Waals surface area contributed by atoms with Crippen LogP contribution < -0.4 is 5.32 Å². The summed E-state index contributed by atoms with van der Waals surface area (Å²) in [6, 6.07) is 0. The highest BCUT2D eigenvalue weighted by Crippen LogP contribution is 2.38. The lowest BCUT2D eigenvalue weighted by Gasteiger charge is -2.21. The van der Waals surface area contributed by atoms with E-state index in [0.717, 1.165) is 36.9 Å². The number of carbonyl (C=O) groups is 3. The number of nitrogens with one attached hydrogen (secondary N) is 1. The summed E-state index contributed by atoms with van der Waals surface area (Å²) in [5.41, 5.74) is 2.04. The Bertz CT molecular complexity index is 723. The molecule has 3 heterocycles. The lowest BCUT2D eigenvalue weighted by Crippen LogP contribution is -2.37. The summed E-state index contributed by atoms with van der Waals surface area (Å²) in [5, 5.41) is 6.87. The second-order valence-corrected chi connectivity index (χ2v) is 6.92. The van der Waals surface area contributed by atoms with Crippen LogP contribution in [0.3, 0.4) is 0 Å². The van der Waals surface area contributed by atoms with Crippen LogP contribution in [0.2, 0.25) is 0 Å². The molecule has 7 heteroatoms. The van der Waals surface area contributed by atoms with Gasteiger partial charge in [-0.3, -0.25) is 24.4 Å². The summed E-state index contributed by atoms with van der Waals surface area (Å²) in [7, 11) is 1.81. The summed E-state index contributed by atoms with van der Waals surface area (Å²) >= 11 is 0. The SMILES string of the molecule is Cn1nc2c(c1C(=O)N1CC[C@]3(CC(=O)NC3=O)C1)CCCC2. The Balaban J connectivity index is 1.61. The molecule has 0 bridgehead atoms. The van der Waals surface area contributed by atoms with Gasteiger partial charge in [0.15, 0.2) is 0 Å². The molecule has 1 spiro atoms. The Morgan fingerprint density at radius 3 is 2.78 bits per heavy atom. The molecule has 0 unspecified atom stereocenters. The van der Waals surface area contributed by atoms with Crippen LogP contribution in [0.25, 0.3) is 0 Å². The van der Waals surface area contributed by atoms with Crippen LogP contribution in [0.5, 0.6) is 0 Å². The fourth-order valence-corrected chi connectivity index (χ4v) is 4.16. The van der Waals surface area contributed by atoms with Gasteiger partial charge in [-0.15, -0.1) is 0 Å². The second kappa shape index (κ2) is 4.91. The van der Waals surface area contributed by atoms with Crippen LogP contribution in [-0.2, 0) is 29.5 Å².